The van der Waals surface area contributed by atoms with Gasteiger partial charge in [-0.2, -0.15) is 0 Å². The lowest BCUT2D eigenvalue weighted by molar-refractivity contribution is 0.139. The summed E-state index contributed by atoms with van der Waals surface area (Å²) in [7, 11) is 1.72. The van der Waals surface area contributed by atoms with Crippen molar-refractivity contribution in [1.29, 1.82) is 0 Å². The number of hydrogen-bond donors (Lipinski definition) is 2. The van der Waals surface area contributed by atoms with Crippen LogP contribution in [-0.4, -0.2) is 31.3 Å². The Morgan fingerprint density at radius 1 is 1.27 bits per heavy atom. The first-order chi connectivity index (χ1) is 12.2. The van der Waals surface area contributed by atoms with E-state index in [2.05, 4.69) is 5.32 Å². The second kappa shape index (κ2) is 7.14. The first kappa shape index (κ1) is 19.1. The molecule has 0 amide bonds. The maximum absolute atomic E-state index is 14.7. The molecule has 2 atom stereocenters. The van der Waals surface area contributed by atoms with E-state index in [-0.39, 0.29) is 22.8 Å². The fraction of sp³-hybridized carbons (Fsp3) is 0.400. The maximum Gasteiger partial charge on any atom is 0.146 e. The van der Waals surface area contributed by atoms with Crippen LogP contribution >= 0.6 is 11.6 Å². The van der Waals surface area contributed by atoms with Gasteiger partial charge in [-0.25, -0.2) is 8.78 Å². The third kappa shape index (κ3) is 3.43. The molecular weight excluding hydrogens is 358 g/mol. The molecule has 1 aliphatic rings. The number of aliphatic hydroxyl groups is 1. The lowest BCUT2D eigenvalue weighted by atomic mass is 9.87. The molecule has 1 heterocycles. The van der Waals surface area contributed by atoms with Gasteiger partial charge >= 0.3 is 0 Å². The predicted molar refractivity (Wildman–Crippen MR) is 101 cm³/mol. The molecule has 26 heavy (non-hydrogen) atoms. The molecule has 0 bridgehead atoms. The molecule has 2 aromatic rings. The van der Waals surface area contributed by atoms with Crippen LogP contribution in [0, 0.1) is 11.6 Å². The summed E-state index contributed by atoms with van der Waals surface area (Å²) in [6, 6.07) is 8.56. The van der Waals surface area contributed by atoms with Crippen LogP contribution in [0.2, 0.25) is 5.02 Å². The van der Waals surface area contributed by atoms with Crippen molar-refractivity contribution < 1.29 is 13.9 Å². The van der Waals surface area contributed by atoms with Crippen LogP contribution in [0.4, 0.5) is 14.5 Å². The Bertz CT molecular complexity index is 792. The minimum absolute atomic E-state index is 0.244. The van der Waals surface area contributed by atoms with Crippen molar-refractivity contribution in [1.82, 2.24) is 5.32 Å². The monoisotopic (exact) mass is 380 g/mol. The van der Waals surface area contributed by atoms with Gasteiger partial charge in [0.05, 0.1) is 17.8 Å². The Kier molecular flexibility index (Phi) is 5.24. The van der Waals surface area contributed by atoms with Gasteiger partial charge in [-0.15, -0.1) is 0 Å². The summed E-state index contributed by atoms with van der Waals surface area (Å²) >= 11 is 6.04. The van der Waals surface area contributed by atoms with Crippen LogP contribution in [0.25, 0.3) is 0 Å². The van der Waals surface area contributed by atoms with E-state index in [1.165, 1.54) is 18.2 Å². The number of nitrogens with one attached hydrogen (secondary N) is 1. The molecular formula is C20H23ClF2N2O. The molecule has 0 fully saturated rings. The summed E-state index contributed by atoms with van der Waals surface area (Å²) in [4.78, 5) is 1.83. The van der Waals surface area contributed by atoms with Crippen LogP contribution in [0.3, 0.4) is 0 Å². The highest BCUT2D eigenvalue weighted by molar-refractivity contribution is 6.30. The molecule has 3 nitrogen and oxygen atoms in total. The molecule has 6 heteroatoms. The zero-order valence-corrected chi connectivity index (χ0v) is 15.8. The summed E-state index contributed by atoms with van der Waals surface area (Å²) < 4.78 is 28.7. The van der Waals surface area contributed by atoms with E-state index < -0.39 is 18.0 Å². The predicted octanol–water partition coefficient (Wildman–Crippen LogP) is 4.04. The first-order valence-electron chi connectivity index (χ1n) is 8.59. The van der Waals surface area contributed by atoms with Gasteiger partial charge in [0.15, 0.2) is 0 Å². The zero-order valence-electron chi connectivity index (χ0n) is 15.1. The highest BCUT2D eigenvalue weighted by Crippen LogP contribution is 2.46. The van der Waals surface area contributed by atoms with E-state index in [4.69, 9.17) is 11.6 Å². The fourth-order valence-electron chi connectivity index (χ4n) is 3.86. The maximum atomic E-state index is 14.7. The second-order valence-electron chi connectivity index (χ2n) is 7.42. The standard InChI is InChI=1S/C20H23ClF2N2O/c1-20(2)11-25(19-15(20)5-4-6-16(19)23)18(17(26)10-24-3)12-7-13(21)9-14(22)8-12/h4-9,17-18,24,26H,10-11H2,1-3H3. The van der Waals surface area contributed by atoms with Crippen LogP contribution < -0.4 is 10.2 Å². The Labute approximate surface area is 157 Å². The van der Waals surface area contributed by atoms with Crippen molar-refractivity contribution in [2.45, 2.75) is 31.4 Å². The van der Waals surface area contributed by atoms with Gasteiger partial charge in [0.1, 0.15) is 11.6 Å². The lowest BCUT2D eigenvalue weighted by Gasteiger charge is -2.35. The zero-order chi connectivity index (χ0) is 19.1. The van der Waals surface area contributed by atoms with Gasteiger partial charge in [-0.1, -0.05) is 37.6 Å². The third-order valence-corrected chi connectivity index (χ3v) is 5.13. The molecule has 140 valence electrons. The van der Waals surface area contributed by atoms with Crippen LogP contribution in [0.5, 0.6) is 0 Å². The Morgan fingerprint density at radius 2 is 2.00 bits per heavy atom. The molecule has 3 rings (SSSR count). The number of fused-ring (bicyclic) bond motifs is 1. The van der Waals surface area contributed by atoms with Gasteiger partial charge in [-0.3, -0.25) is 0 Å². The third-order valence-electron chi connectivity index (χ3n) is 4.91. The summed E-state index contributed by atoms with van der Waals surface area (Å²) in [5, 5.41) is 14.0. The molecule has 0 saturated heterocycles. The number of hydrogen-bond acceptors (Lipinski definition) is 3. The Hall–Kier alpha value is -1.69. The van der Waals surface area contributed by atoms with E-state index >= 15 is 0 Å². The van der Waals surface area contributed by atoms with Crippen LogP contribution in [0.1, 0.15) is 31.0 Å². The average molecular weight is 381 g/mol. The minimum atomic E-state index is -0.876. The largest absolute Gasteiger partial charge is 0.389 e. The number of anilines is 1. The van der Waals surface area contributed by atoms with Crippen molar-refractivity contribution >= 4 is 17.3 Å². The number of rotatable bonds is 5. The normalized spacial score (nSPS) is 17.9. The summed E-state index contributed by atoms with van der Waals surface area (Å²) in [5.41, 5.74) is 1.55. The minimum Gasteiger partial charge on any atom is -0.389 e. The fourth-order valence-corrected chi connectivity index (χ4v) is 4.09. The topological polar surface area (TPSA) is 35.5 Å². The van der Waals surface area contributed by atoms with Gasteiger partial charge in [-0.05, 0) is 42.4 Å². The van der Waals surface area contributed by atoms with Crippen LogP contribution in [0.15, 0.2) is 36.4 Å². The van der Waals surface area contributed by atoms with Crippen LogP contribution in [-0.2, 0) is 5.41 Å². The molecule has 0 spiro atoms. The quantitative estimate of drug-likeness (QED) is 0.821. The van der Waals surface area contributed by atoms with Crippen molar-refractivity contribution in [2.24, 2.45) is 0 Å². The number of halogens is 3. The number of aliphatic hydroxyl groups excluding tert-OH is 1. The van der Waals surface area contributed by atoms with Crippen molar-refractivity contribution in [3.8, 4) is 0 Å². The van der Waals surface area contributed by atoms with Crippen molar-refractivity contribution in [2.75, 3.05) is 25.0 Å². The SMILES string of the molecule is CNCC(O)C(c1cc(F)cc(Cl)c1)N1CC(C)(C)c2cccc(F)c21. The van der Waals surface area contributed by atoms with E-state index in [9.17, 15) is 13.9 Å². The molecule has 2 unspecified atom stereocenters. The van der Waals surface area contributed by atoms with Crippen molar-refractivity contribution in [3.63, 3.8) is 0 Å². The molecule has 0 radical (unpaired) electrons. The highest BCUT2D eigenvalue weighted by atomic mass is 35.5. The summed E-state index contributed by atoms with van der Waals surface area (Å²) in [5.74, 6) is -0.835. The van der Waals surface area contributed by atoms with Crippen molar-refractivity contribution in [3.05, 3.63) is 64.2 Å². The number of likely N-dealkylation sites (N-methyl/N-ethyl adjacent to an activating group) is 1. The molecule has 0 aromatic heterocycles. The van der Waals surface area contributed by atoms with Gasteiger partial charge in [0, 0.05) is 23.5 Å². The Balaban J connectivity index is 2.15. The molecule has 1 aliphatic heterocycles. The van der Waals surface area contributed by atoms with Gasteiger partial charge in [0.2, 0.25) is 0 Å². The number of benzene rings is 2. The van der Waals surface area contributed by atoms with Gasteiger partial charge < -0.3 is 15.3 Å². The van der Waals surface area contributed by atoms with E-state index in [1.54, 1.807) is 19.2 Å². The second-order valence-corrected chi connectivity index (χ2v) is 7.86. The van der Waals surface area contributed by atoms with E-state index in [0.29, 0.717) is 17.8 Å². The lowest BCUT2D eigenvalue weighted by Crippen LogP contribution is -2.42. The molecule has 0 saturated carbocycles. The first-order valence-corrected chi connectivity index (χ1v) is 8.96. The Morgan fingerprint density at radius 3 is 2.65 bits per heavy atom. The average Bonchev–Trinajstić information content (AvgIpc) is 2.79. The highest BCUT2D eigenvalue weighted by Gasteiger charge is 2.42. The summed E-state index contributed by atoms with van der Waals surface area (Å²) in [6.45, 7) is 4.85. The summed E-state index contributed by atoms with van der Waals surface area (Å²) in [6.07, 6.45) is -0.876. The molecule has 2 aromatic carbocycles. The molecule has 2 N–H and O–H groups in total. The van der Waals surface area contributed by atoms with Gasteiger partial charge in [0.25, 0.3) is 0 Å². The molecule has 0 aliphatic carbocycles. The van der Waals surface area contributed by atoms with E-state index in [1.807, 2.05) is 24.8 Å². The number of nitrogens with zero attached hydrogens (tertiary/aromatic N) is 1. The number of para-hydroxylation sites is 1. The van der Waals surface area contributed by atoms with E-state index in [0.717, 1.165) is 5.56 Å². The smallest absolute Gasteiger partial charge is 0.146 e.